The molecular weight excluding hydrogens is 106 g/mol. The van der Waals surface area contributed by atoms with Crippen molar-refractivity contribution in [3.63, 3.8) is 0 Å². The summed E-state index contributed by atoms with van der Waals surface area (Å²) >= 11 is 0. The first-order chi connectivity index (χ1) is 3.77. The highest BCUT2D eigenvalue weighted by atomic mass is 16.7. The van der Waals surface area contributed by atoms with Crippen molar-refractivity contribution in [3.05, 3.63) is 0 Å². The lowest BCUT2D eigenvalue weighted by atomic mass is 10.1. The maximum Gasteiger partial charge on any atom is 0.153 e. The smallest absolute Gasteiger partial charge is 0.153 e. The first-order valence-electron chi connectivity index (χ1n) is 2.64. The number of hydrogen-bond acceptors (Lipinski definition) is 3. The van der Waals surface area contributed by atoms with Gasteiger partial charge < -0.3 is 4.79 Å². The van der Waals surface area contributed by atoms with Gasteiger partial charge in [0.25, 0.3) is 0 Å². The normalized spacial score (nSPS) is 37.6. The van der Waals surface area contributed by atoms with Crippen molar-refractivity contribution in [1.82, 2.24) is 5.48 Å². The van der Waals surface area contributed by atoms with E-state index < -0.39 is 5.60 Å². The topological polar surface area (TPSA) is 38.3 Å². The summed E-state index contributed by atoms with van der Waals surface area (Å²) in [6, 6.07) is 0. The fourth-order valence-electron chi connectivity index (χ4n) is 0.649. The van der Waals surface area contributed by atoms with Gasteiger partial charge in [0, 0.05) is 6.54 Å². The molecule has 0 saturated carbocycles. The molecule has 8 heavy (non-hydrogen) atoms. The minimum atomic E-state index is -0.556. The molecule has 1 rings (SSSR count). The SMILES string of the molecule is C[C@@]1(C=O)CCNO1. The van der Waals surface area contributed by atoms with Crippen LogP contribution in [0, 0.1) is 0 Å². The van der Waals surface area contributed by atoms with Crippen LogP contribution in [0.4, 0.5) is 0 Å². The molecule has 0 unspecified atom stereocenters. The predicted octanol–water partition coefficient (Wildman–Crippen LogP) is -0.131. The van der Waals surface area contributed by atoms with Gasteiger partial charge >= 0.3 is 0 Å². The minimum absolute atomic E-state index is 0.556. The van der Waals surface area contributed by atoms with E-state index in [9.17, 15) is 4.79 Å². The first kappa shape index (κ1) is 5.72. The Bertz CT molecular complexity index is 96.6. The van der Waals surface area contributed by atoms with Crippen molar-refractivity contribution in [2.75, 3.05) is 6.54 Å². The molecule has 3 heteroatoms. The van der Waals surface area contributed by atoms with E-state index in [4.69, 9.17) is 4.84 Å². The van der Waals surface area contributed by atoms with Crippen molar-refractivity contribution >= 4 is 6.29 Å². The molecule has 0 aromatic carbocycles. The highest BCUT2D eigenvalue weighted by Gasteiger charge is 2.29. The maximum atomic E-state index is 10.2. The molecular formula is C5H9NO2. The van der Waals surface area contributed by atoms with Crippen LogP contribution < -0.4 is 5.48 Å². The molecule has 0 aromatic heterocycles. The third-order valence-corrected chi connectivity index (χ3v) is 1.28. The van der Waals surface area contributed by atoms with Crippen molar-refractivity contribution in [1.29, 1.82) is 0 Å². The van der Waals surface area contributed by atoms with Crippen molar-refractivity contribution in [3.8, 4) is 0 Å². The van der Waals surface area contributed by atoms with Crippen LogP contribution in [-0.4, -0.2) is 18.4 Å². The average molecular weight is 115 g/mol. The highest BCUT2D eigenvalue weighted by molar-refractivity contribution is 5.61. The summed E-state index contributed by atoms with van der Waals surface area (Å²) in [5, 5.41) is 0. The molecule has 1 N–H and O–H groups in total. The minimum Gasteiger partial charge on any atom is -0.300 e. The van der Waals surface area contributed by atoms with E-state index in [-0.39, 0.29) is 0 Å². The fraction of sp³-hybridized carbons (Fsp3) is 0.800. The standard InChI is InChI=1S/C5H9NO2/c1-5(4-7)2-3-6-8-5/h4,6H,2-3H2,1H3/t5-/m0/s1. The summed E-state index contributed by atoms with van der Waals surface area (Å²) in [6.07, 6.45) is 1.60. The summed E-state index contributed by atoms with van der Waals surface area (Å²) in [7, 11) is 0. The lowest BCUT2D eigenvalue weighted by Gasteiger charge is -2.10. The zero-order valence-corrected chi connectivity index (χ0v) is 4.81. The summed E-state index contributed by atoms with van der Waals surface area (Å²) in [6.45, 7) is 2.54. The van der Waals surface area contributed by atoms with E-state index in [2.05, 4.69) is 5.48 Å². The van der Waals surface area contributed by atoms with Crippen LogP contribution in [0.1, 0.15) is 13.3 Å². The Kier molecular flexibility index (Phi) is 1.31. The molecule has 1 aliphatic rings. The van der Waals surface area contributed by atoms with Crippen molar-refractivity contribution < 1.29 is 9.63 Å². The molecule has 0 spiro atoms. The highest BCUT2D eigenvalue weighted by Crippen LogP contribution is 2.14. The summed E-state index contributed by atoms with van der Waals surface area (Å²) in [4.78, 5) is 15.0. The second kappa shape index (κ2) is 1.84. The summed E-state index contributed by atoms with van der Waals surface area (Å²) in [5.41, 5.74) is 2.08. The number of nitrogens with one attached hydrogen (secondary N) is 1. The third kappa shape index (κ3) is 0.877. The number of carbonyl (C=O) groups excluding carboxylic acids is 1. The van der Waals surface area contributed by atoms with Crippen LogP contribution >= 0.6 is 0 Å². The van der Waals surface area contributed by atoms with Crippen molar-refractivity contribution in [2.45, 2.75) is 18.9 Å². The van der Waals surface area contributed by atoms with Gasteiger partial charge in [0.15, 0.2) is 6.29 Å². The van der Waals surface area contributed by atoms with Crippen LogP contribution in [0.15, 0.2) is 0 Å². The number of aldehydes is 1. The van der Waals surface area contributed by atoms with Crippen LogP contribution in [0.3, 0.4) is 0 Å². The van der Waals surface area contributed by atoms with Gasteiger partial charge in [-0.25, -0.2) is 5.48 Å². The molecule has 0 amide bonds. The molecule has 0 aliphatic carbocycles. The second-order valence-corrected chi connectivity index (χ2v) is 2.18. The van der Waals surface area contributed by atoms with Gasteiger partial charge in [-0.15, -0.1) is 0 Å². The van der Waals surface area contributed by atoms with E-state index in [1.807, 2.05) is 0 Å². The van der Waals surface area contributed by atoms with Crippen LogP contribution in [0.25, 0.3) is 0 Å². The number of rotatable bonds is 1. The average Bonchev–Trinajstić information content (AvgIpc) is 2.17. The summed E-state index contributed by atoms with van der Waals surface area (Å²) in [5.74, 6) is 0. The number of hydroxylamine groups is 1. The zero-order chi connectivity index (χ0) is 6.04. The van der Waals surface area contributed by atoms with E-state index in [1.54, 1.807) is 6.92 Å². The molecule has 3 nitrogen and oxygen atoms in total. The van der Waals surface area contributed by atoms with Crippen LogP contribution in [0.2, 0.25) is 0 Å². The molecule has 1 heterocycles. The molecule has 0 bridgehead atoms. The Hall–Kier alpha value is -0.410. The largest absolute Gasteiger partial charge is 0.300 e. The number of hydrogen-bond donors (Lipinski definition) is 1. The Morgan fingerprint density at radius 3 is 2.88 bits per heavy atom. The van der Waals surface area contributed by atoms with Gasteiger partial charge in [-0.1, -0.05) is 0 Å². The van der Waals surface area contributed by atoms with E-state index in [0.717, 1.165) is 19.3 Å². The van der Waals surface area contributed by atoms with E-state index in [1.165, 1.54) is 0 Å². The van der Waals surface area contributed by atoms with Gasteiger partial charge in [-0.05, 0) is 13.3 Å². The second-order valence-electron chi connectivity index (χ2n) is 2.18. The maximum absolute atomic E-state index is 10.2. The number of carbonyl (C=O) groups is 1. The zero-order valence-electron chi connectivity index (χ0n) is 4.81. The van der Waals surface area contributed by atoms with Gasteiger partial charge in [-0.2, -0.15) is 0 Å². The van der Waals surface area contributed by atoms with Gasteiger partial charge in [-0.3, -0.25) is 4.84 Å². The monoisotopic (exact) mass is 115 g/mol. The molecule has 1 aliphatic heterocycles. The lowest BCUT2D eigenvalue weighted by molar-refractivity contribution is -0.129. The van der Waals surface area contributed by atoms with Gasteiger partial charge in [0.2, 0.25) is 0 Å². The van der Waals surface area contributed by atoms with Gasteiger partial charge in [0.1, 0.15) is 5.60 Å². The van der Waals surface area contributed by atoms with Crippen LogP contribution in [-0.2, 0) is 9.63 Å². The van der Waals surface area contributed by atoms with Crippen LogP contribution in [0.5, 0.6) is 0 Å². The quantitative estimate of drug-likeness (QED) is 0.484. The first-order valence-corrected chi connectivity index (χ1v) is 2.64. The van der Waals surface area contributed by atoms with E-state index >= 15 is 0 Å². The van der Waals surface area contributed by atoms with Crippen molar-refractivity contribution in [2.24, 2.45) is 0 Å². The Labute approximate surface area is 48.0 Å². The molecule has 0 radical (unpaired) electrons. The van der Waals surface area contributed by atoms with Gasteiger partial charge in [0.05, 0.1) is 0 Å². The predicted molar refractivity (Wildman–Crippen MR) is 28.2 cm³/mol. The molecule has 1 fully saturated rings. The third-order valence-electron chi connectivity index (χ3n) is 1.28. The molecule has 1 saturated heterocycles. The molecule has 1 atom stereocenters. The molecule has 0 aromatic rings. The fourth-order valence-corrected chi connectivity index (χ4v) is 0.649. The summed E-state index contributed by atoms with van der Waals surface area (Å²) < 4.78 is 0. The Morgan fingerprint density at radius 2 is 2.62 bits per heavy atom. The lowest BCUT2D eigenvalue weighted by Crippen LogP contribution is -2.26. The molecule has 46 valence electrons. The van der Waals surface area contributed by atoms with E-state index in [0.29, 0.717) is 0 Å². The Balaban J connectivity index is 2.52. The Morgan fingerprint density at radius 1 is 1.88 bits per heavy atom.